The summed E-state index contributed by atoms with van der Waals surface area (Å²) >= 11 is 1.42. The van der Waals surface area contributed by atoms with Crippen LogP contribution in [0.15, 0.2) is 47.9 Å². The number of pyridine rings is 1. The Kier molecular flexibility index (Phi) is 5.94. The summed E-state index contributed by atoms with van der Waals surface area (Å²) in [5.74, 6) is 1.11. The second-order valence-electron chi connectivity index (χ2n) is 7.57. The van der Waals surface area contributed by atoms with Crippen molar-refractivity contribution in [2.75, 3.05) is 5.75 Å². The summed E-state index contributed by atoms with van der Waals surface area (Å²) in [6.45, 7) is 4.15. The molecule has 150 valence electrons. The first-order chi connectivity index (χ1) is 14.1. The van der Waals surface area contributed by atoms with E-state index < -0.39 is 0 Å². The zero-order chi connectivity index (χ0) is 20.2. The second kappa shape index (κ2) is 8.78. The molecule has 0 aliphatic heterocycles. The van der Waals surface area contributed by atoms with Gasteiger partial charge in [-0.3, -0.25) is 14.3 Å². The average molecular weight is 408 g/mol. The molecule has 29 heavy (non-hydrogen) atoms. The number of rotatable bonds is 6. The molecule has 0 atom stereocenters. The first-order valence-corrected chi connectivity index (χ1v) is 11.0. The van der Waals surface area contributed by atoms with Crippen LogP contribution in [0, 0.1) is 13.8 Å². The van der Waals surface area contributed by atoms with Gasteiger partial charge in [-0.1, -0.05) is 30.7 Å². The number of aryl methyl sites for hydroxylation is 2. The first-order valence-electron chi connectivity index (χ1n) is 9.97. The van der Waals surface area contributed by atoms with E-state index in [2.05, 4.69) is 52.5 Å². The van der Waals surface area contributed by atoms with Crippen molar-refractivity contribution in [3.8, 4) is 17.1 Å². The van der Waals surface area contributed by atoms with Gasteiger partial charge in [0.1, 0.15) is 0 Å². The number of nitrogens with one attached hydrogen (secondary N) is 1. The van der Waals surface area contributed by atoms with Gasteiger partial charge in [0, 0.05) is 24.0 Å². The van der Waals surface area contributed by atoms with Crippen LogP contribution in [0.5, 0.6) is 0 Å². The Morgan fingerprint density at radius 1 is 1.17 bits per heavy atom. The molecule has 7 heteroatoms. The Morgan fingerprint density at radius 3 is 2.62 bits per heavy atom. The summed E-state index contributed by atoms with van der Waals surface area (Å²) in [7, 11) is 0. The van der Waals surface area contributed by atoms with Crippen LogP contribution in [0.2, 0.25) is 0 Å². The Hall–Kier alpha value is -2.67. The molecule has 1 N–H and O–H groups in total. The van der Waals surface area contributed by atoms with Gasteiger partial charge in [0.15, 0.2) is 11.0 Å². The number of hydrogen-bond acceptors (Lipinski definition) is 5. The Balaban J connectivity index is 1.63. The maximum atomic E-state index is 12.4. The fraction of sp³-hybridized carbons (Fsp3) is 0.364. The molecule has 1 aliphatic rings. The van der Waals surface area contributed by atoms with Crippen molar-refractivity contribution >= 4 is 17.7 Å². The van der Waals surface area contributed by atoms with Crippen LogP contribution in [-0.2, 0) is 4.79 Å². The number of nitrogens with zero attached hydrogens (tertiary/aromatic N) is 4. The minimum absolute atomic E-state index is 0.0554. The van der Waals surface area contributed by atoms with Crippen molar-refractivity contribution in [3.63, 3.8) is 0 Å². The highest BCUT2D eigenvalue weighted by Crippen LogP contribution is 2.28. The number of amides is 1. The zero-order valence-electron chi connectivity index (χ0n) is 16.8. The minimum Gasteiger partial charge on any atom is -0.353 e. The van der Waals surface area contributed by atoms with Gasteiger partial charge in [0.2, 0.25) is 5.91 Å². The Bertz CT molecular complexity index is 975. The predicted octanol–water partition coefficient (Wildman–Crippen LogP) is 4.10. The summed E-state index contributed by atoms with van der Waals surface area (Å²) in [6.07, 6.45) is 8.09. The van der Waals surface area contributed by atoms with Gasteiger partial charge in [0.05, 0.1) is 11.4 Å². The van der Waals surface area contributed by atoms with Crippen LogP contribution in [-0.4, -0.2) is 37.5 Å². The molecule has 0 spiro atoms. The third-order valence-corrected chi connectivity index (χ3v) is 6.00. The van der Waals surface area contributed by atoms with Crippen molar-refractivity contribution in [3.05, 3.63) is 53.9 Å². The summed E-state index contributed by atoms with van der Waals surface area (Å²) in [4.78, 5) is 16.6. The van der Waals surface area contributed by atoms with Gasteiger partial charge in [-0.15, -0.1) is 10.2 Å². The lowest BCUT2D eigenvalue weighted by atomic mass is 10.1. The van der Waals surface area contributed by atoms with Gasteiger partial charge in [0.25, 0.3) is 0 Å². The van der Waals surface area contributed by atoms with E-state index in [0.29, 0.717) is 17.0 Å². The smallest absolute Gasteiger partial charge is 0.230 e. The highest BCUT2D eigenvalue weighted by molar-refractivity contribution is 7.99. The molecule has 4 rings (SSSR count). The monoisotopic (exact) mass is 407 g/mol. The predicted molar refractivity (Wildman–Crippen MR) is 115 cm³/mol. The molecule has 2 heterocycles. The quantitative estimate of drug-likeness (QED) is 0.623. The summed E-state index contributed by atoms with van der Waals surface area (Å²) in [5.41, 5.74) is 4.22. The standard InChI is InChI=1S/C22H25N5OS/c1-15-10-16(2)12-19(11-15)27-21(17-6-5-9-23-13-17)25-26-22(27)29-14-20(28)24-18-7-3-4-8-18/h5-6,9-13,18H,3-4,7-8,14H2,1-2H3,(H,24,28). The molecule has 1 aromatic carbocycles. The Morgan fingerprint density at radius 2 is 1.93 bits per heavy atom. The maximum Gasteiger partial charge on any atom is 0.230 e. The third kappa shape index (κ3) is 4.67. The molecular weight excluding hydrogens is 382 g/mol. The number of carbonyl (C=O) groups excluding carboxylic acids is 1. The second-order valence-corrected chi connectivity index (χ2v) is 8.51. The highest BCUT2D eigenvalue weighted by atomic mass is 32.2. The number of thioether (sulfide) groups is 1. The molecule has 1 aliphatic carbocycles. The molecule has 0 unspecified atom stereocenters. The lowest BCUT2D eigenvalue weighted by Crippen LogP contribution is -2.33. The largest absolute Gasteiger partial charge is 0.353 e. The van der Waals surface area contributed by atoms with Crippen molar-refractivity contribution in [2.24, 2.45) is 0 Å². The number of hydrogen-bond donors (Lipinski definition) is 1. The SMILES string of the molecule is Cc1cc(C)cc(-n2c(SCC(=O)NC3CCCC3)nnc2-c2cccnc2)c1. The molecule has 1 saturated carbocycles. The fourth-order valence-electron chi connectivity index (χ4n) is 3.83. The number of aromatic nitrogens is 4. The zero-order valence-corrected chi connectivity index (χ0v) is 17.6. The van der Waals surface area contributed by atoms with Crippen molar-refractivity contribution in [2.45, 2.75) is 50.7 Å². The molecule has 0 saturated heterocycles. The van der Waals surface area contributed by atoms with Gasteiger partial charge in [-0.05, 0) is 62.1 Å². The Labute approximate surface area is 175 Å². The van der Waals surface area contributed by atoms with Crippen LogP contribution in [0.3, 0.4) is 0 Å². The number of benzene rings is 1. The molecule has 3 aromatic rings. The van der Waals surface area contributed by atoms with E-state index >= 15 is 0 Å². The molecular formula is C22H25N5OS. The van der Waals surface area contributed by atoms with E-state index in [4.69, 9.17) is 0 Å². The first kappa shape index (κ1) is 19.6. The average Bonchev–Trinajstić information content (AvgIpc) is 3.36. The summed E-state index contributed by atoms with van der Waals surface area (Å²) in [6, 6.07) is 10.5. The van der Waals surface area contributed by atoms with Crippen molar-refractivity contribution in [1.29, 1.82) is 0 Å². The van der Waals surface area contributed by atoms with E-state index in [1.165, 1.54) is 35.7 Å². The topological polar surface area (TPSA) is 72.7 Å². The van der Waals surface area contributed by atoms with Crippen molar-refractivity contribution < 1.29 is 4.79 Å². The van der Waals surface area contributed by atoms with Gasteiger partial charge in [-0.2, -0.15) is 0 Å². The van der Waals surface area contributed by atoms with Gasteiger partial charge < -0.3 is 5.32 Å². The highest BCUT2D eigenvalue weighted by Gasteiger charge is 2.20. The molecule has 2 aromatic heterocycles. The molecule has 0 bridgehead atoms. The minimum atomic E-state index is 0.0554. The fourth-order valence-corrected chi connectivity index (χ4v) is 4.59. The van der Waals surface area contributed by atoms with E-state index in [9.17, 15) is 4.79 Å². The van der Waals surface area contributed by atoms with Crippen molar-refractivity contribution in [1.82, 2.24) is 25.1 Å². The normalized spacial score (nSPS) is 14.3. The van der Waals surface area contributed by atoms with Crippen LogP contribution < -0.4 is 5.32 Å². The maximum absolute atomic E-state index is 12.4. The van der Waals surface area contributed by atoms with E-state index in [1.807, 2.05) is 16.7 Å². The van der Waals surface area contributed by atoms with Gasteiger partial charge >= 0.3 is 0 Å². The lowest BCUT2D eigenvalue weighted by Gasteiger charge is -2.13. The van der Waals surface area contributed by atoms with Crippen LogP contribution >= 0.6 is 11.8 Å². The van der Waals surface area contributed by atoms with Crippen LogP contribution in [0.25, 0.3) is 17.1 Å². The van der Waals surface area contributed by atoms with Gasteiger partial charge in [-0.25, -0.2) is 0 Å². The summed E-state index contributed by atoms with van der Waals surface area (Å²) < 4.78 is 2.02. The van der Waals surface area contributed by atoms with Crippen LogP contribution in [0.4, 0.5) is 0 Å². The molecule has 6 nitrogen and oxygen atoms in total. The summed E-state index contributed by atoms with van der Waals surface area (Å²) in [5, 5.41) is 12.7. The third-order valence-electron chi connectivity index (χ3n) is 5.07. The molecule has 0 radical (unpaired) electrons. The number of carbonyl (C=O) groups is 1. The molecule has 1 amide bonds. The lowest BCUT2D eigenvalue weighted by molar-refractivity contribution is -0.119. The van der Waals surface area contributed by atoms with E-state index in [-0.39, 0.29) is 5.91 Å². The van der Waals surface area contributed by atoms with E-state index in [0.717, 1.165) is 29.9 Å². The van der Waals surface area contributed by atoms with E-state index in [1.54, 1.807) is 12.4 Å². The molecule has 1 fully saturated rings. The van der Waals surface area contributed by atoms with Crippen LogP contribution in [0.1, 0.15) is 36.8 Å².